The van der Waals surface area contributed by atoms with E-state index in [1.807, 2.05) is 0 Å². The van der Waals surface area contributed by atoms with Crippen LogP contribution in [0.1, 0.15) is 72.1 Å². The van der Waals surface area contributed by atoms with Gasteiger partial charge in [-0.2, -0.15) is 0 Å². The van der Waals surface area contributed by atoms with E-state index >= 15 is 0 Å². The van der Waals surface area contributed by atoms with Crippen LogP contribution in [0.5, 0.6) is 0 Å². The van der Waals surface area contributed by atoms with Crippen LogP contribution >= 0.6 is 0 Å². The molecule has 0 aromatic rings. The van der Waals surface area contributed by atoms with E-state index in [1.54, 1.807) is 0 Å². The van der Waals surface area contributed by atoms with E-state index in [0.717, 1.165) is 43.4 Å². The number of fused-ring (bicyclic) bond motifs is 5. The van der Waals surface area contributed by atoms with Crippen LogP contribution in [0.4, 0.5) is 0 Å². The van der Waals surface area contributed by atoms with Gasteiger partial charge < -0.3 is 5.11 Å². The number of carbonyl (C=O) groups is 1. The Morgan fingerprint density at radius 1 is 1.05 bits per heavy atom. The molecule has 2 nitrogen and oxygen atoms in total. The molecule has 0 aromatic carbocycles. The zero-order valence-corrected chi connectivity index (χ0v) is 14.5. The number of Topliss-reactive ketones (excluding diaryl/α,β-unsaturated/α-hetero) is 1. The molecule has 0 amide bonds. The summed E-state index contributed by atoms with van der Waals surface area (Å²) in [4.78, 5) is 12.0. The van der Waals surface area contributed by atoms with Crippen LogP contribution in [-0.4, -0.2) is 17.0 Å². The fourth-order valence-corrected chi connectivity index (χ4v) is 7.40. The van der Waals surface area contributed by atoms with Gasteiger partial charge in [-0.25, -0.2) is 0 Å². The van der Waals surface area contributed by atoms with Gasteiger partial charge in [-0.15, -0.1) is 0 Å². The van der Waals surface area contributed by atoms with E-state index in [0.29, 0.717) is 23.0 Å². The molecule has 4 rings (SSSR count). The van der Waals surface area contributed by atoms with Crippen LogP contribution in [0.25, 0.3) is 0 Å². The van der Waals surface area contributed by atoms with Gasteiger partial charge in [-0.1, -0.05) is 20.8 Å². The summed E-state index contributed by atoms with van der Waals surface area (Å²) in [7, 11) is 0. The van der Waals surface area contributed by atoms with Gasteiger partial charge in [0, 0.05) is 12.8 Å². The Hall–Kier alpha value is -0.370. The zero-order chi connectivity index (χ0) is 15.7. The van der Waals surface area contributed by atoms with Gasteiger partial charge in [0.15, 0.2) is 0 Å². The number of aliphatic hydroxyl groups is 1. The smallest absolute Gasteiger partial charge is 0.133 e. The van der Waals surface area contributed by atoms with Gasteiger partial charge >= 0.3 is 0 Å². The molecule has 0 aromatic heterocycles. The topological polar surface area (TPSA) is 37.3 Å². The highest BCUT2D eigenvalue weighted by Gasteiger charge is 2.61. The molecule has 0 heterocycles. The van der Waals surface area contributed by atoms with Crippen molar-refractivity contribution in [2.24, 2.45) is 40.4 Å². The zero-order valence-electron chi connectivity index (χ0n) is 14.5. The Labute approximate surface area is 135 Å². The Balaban J connectivity index is 1.68. The molecular formula is C20H32O2. The Kier molecular flexibility index (Phi) is 3.32. The van der Waals surface area contributed by atoms with Crippen molar-refractivity contribution in [1.29, 1.82) is 0 Å². The lowest BCUT2D eigenvalue weighted by molar-refractivity contribution is -0.153. The van der Waals surface area contributed by atoms with Crippen LogP contribution in [0.15, 0.2) is 0 Å². The molecule has 124 valence electrons. The molecule has 4 saturated carbocycles. The lowest BCUT2D eigenvalue weighted by Gasteiger charge is -2.62. The van der Waals surface area contributed by atoms with E-state index in [4.69, 9.17) is 0 Å². The van der Waals surface area contributed by atoms with E-state index in [9.17, 15) is 9.90 Å². The summed E-state index contributed by atoms with van der Waals surface area (Å²) in [5, 5.41) is 10.5. The second-order valence-corrected chi connectivity index (χ2v) is 9.59. The van der Waals surface area contributed by atoms with E-state index in [-0.39, 0.29) is 11.5 Å². The average molecular weight is 304 g/mol. The summed E-state index contributed by atoms with van der Waals surface area (Å²) in [6, 6.07) is 0. The maximum absolute atomic E-state index is 12.0. The first-order valence-electron chi connectivity index (χ1n) is 9.56. The van der Waals surface area contributed by atoms with Gasteiger partial charge in [0.1, 0.15) is 5.78 Å². The number of hydrogen-bond acceptors (Lipinski definition) is 2. The summed E-state index contributed by atoms with van der Waals surface area (Å²) < 4.78 is 0. The molecule has 0 radical (unpaired) electrons. The second kappa shape index (κ2) is 4.82. The number of ketones is 1. The Morgan fingerprint density at radius 3 is 2.55 bits per heavy atom. The first-order valence-corrected chi connectivity index (χ1v) is 9.56. The lowest BCUT2D eigenvalue weighted by atomic mass is 9.43. The molecule has 4 aliphatic rings. The Morgan fingerprint density at radius 2 is 1.77 bits per heavy atom. The van der Waals surface area contributed by atoms with Crippen molar-refractivity contribution in [3.8, 4) is 0 Å². The van der Waals surface area contributed by atoms with Crippen LogP contribution in [0.2, 0.25) is 0 Å². The monoisotopic (exact) mass is 304 g/mol. The van der Waals surface area contributed by atoms with Crippen molar-refractivity contribution in [3.63, 3.8) is 0 Å². The minimum atomic E-state index is -0.0795. The van der Waals surface area contributed by atoms with Gasteiger partial charge in [-0.05, 0) is 78.9 Å². The molecule has 4 unspecified atom stereocenters. The van der Waals surface area contributed by atoms with Crippen molar-refractivity contribution in [3.05, 3.63) is 0 Å². The van der Waals surface area contributed by atoms with Crippen LogP contribution in [-0.2, 0) is 4.79 Å². The van der Waals surface area contributed by atoms with Crippen molar-refractivity contribution >= 4 is 5.78 Å². The second-order valence-electron chi connectivity index (χ2n) is 9.59. The number of rotatable bonds is 0. The highest BCUT2D eigenvalue weighted by atomic mass is 16.3. The first-order chi connectivity index (χ1) is 10.4. The quantitative estimate of drug-likeness (QED) is 0.728. The highest BCUT2D eigenvalue weighted by Crippen LogP contribution is 2.67. The molecular weight excluding hydrogens is 272 g/mol. The van der Waals surface area contributed by atoms with Crippen LogP contribution in [0.3, 0.4) is 0 Å². The third kappa shape index (κ3) is 1.85. The summed E-state index contributed by atoms with van der Waals surface area (Å²) in [5.41, 5.74) is 0.559. The van der Waals surface area contributed by atoms with Crippen molar-refractivity contribution in [2.45, 2.75) is 78.2 Å². The molecule has 0 aliphatic heterocycles. The summed E-state index contributed by atoms with van der Waals surface area (Å²) in [6.45, 7) is 7.30. The molecule has 1 N–H and O–H groups in total. The molecule has 4 aliphatic carbocycles. The van der Waals surface area contributed by atoms with Gasteiger partial charge in [-0.3, -0.25) is 4.79 Å². The SMILES string of the molecule is C[C@@H]1C[C@H]2CC(=O)CC[C@]2(C)C2CC[C@]3(C)C(O)CCC3C21. The largest absolute Gasteiger partial charge is 0.393 e. The molecule has 22 heavy (non-hydrogen) atoms. The fourth-order valence-electron chi connectivity index (χ4n) is 7.40. The van der Waals surface area contributed by atoms with Crippen molar-refractivity contribution < 1.29 is 9.90 Å². The highest BCUT2D eigenvalue weighted by molar-refractivity contribution is 5.79. The molecule has 0 bridgehead atoms. The predicted octanol–water partition coefficient (Wildman–Crippen LogP) is 4.21. The molecule has 0 saturated heterocycles. The molecule has 8 atom stereocenters. The molecule has 4 fully saturated rings. The minimum Gasteiger partial charge on any atom is -0.393 e. The normalized spacial score (nSPS) is 57.9. The lowest BCUT2D eigenvalue weighted by Crippen LogP contribution is -2.56. The van der Waals surface area contributed by atoms with Crippen LogP contribution in [0, 0.1) is 40.4 Å². The average Bonchev–Trinajstić information content (AvgIpc) is 2.77. The first kappa shape index (κ1) is 15.2. The summed E-state index contributed by atoms with van der Waals surface area (Å²) >= 11 is 0. The van der Waals surface area contributed by atoms with Gasteiger partial charge in [0.25, 0.3) is 0 Å². The minimum absolute atomic E-state index is 0.0795. The van der Waals surface area contributed by atoms with E-state index in [2.05, 4.69) is 20.8 Å². The maximum atomic E-state index is 12.0. The number of aliphatic hydroxyl groups excluding tert-OH is 1. The molecule has 0 spiro atoms. The fraction of sp³-hybridized carbons (Fsp3) is 0.950. The summed E-state index contributed by atoms with van der Waals surface area (Å²) in [5.74, 6) is 4.14. The predicted molar refractivity (Wildman–Crippen MR) is 87.3 cm³/mol. The Bertz CT molecular complexity index is 486. The third-order valence-corrected chi connectivity index (χ3v) is 8.79. The van der Waals surface area contributed by atoms with Crippen molar-refractivity contribution in [2.75, 3.05) is 0 Å². The van der Waals surface area contributed by atoms with E-state index in [1.165, 1.54) is 25.7 Å². The van der Waals surface area contributed by atoms with E-state index < -0.39 is 0 Å². The third-order valence-electron chi connectivity index (χ3n) is 8.79. The van der Waals surface area contributed by atoms with Gasteiger partial charge in [0.2, 0.25) is 0 Å². The number of carbonyl (C=O) groups excluding carboxylic acids is 1. The summed E-state index contributed by atoms with van der Waals surface area (Å²) in [6.07, 6.45) is 8.65. The van der Waals surface area contributed by atoms with Crippen LogP contribution < -0.4 is 0 Å². The number of hydrogen-bond donors (Lipinski definition) is 1. The maximum Gasteiger partial charge on any atom is 0.133 e. The van der Waals surface area contributed by atoms with Crippen molar-refractivity contribution in [1.82, 2.24) is 0 Å². The molecule has 2 heteroatoms. The standard InChI is InChI=1S/C20H32O2/c1-12-10-13-11-14(21)6-8-19(13,2)16-7-9-20(3)15(18(12)16)4-5-17(20)22/h12-13,15-18,22H,4-11H2,1-3H3/t12-,13+,15?,16?,17?,18?,19+,20+/m1/s1. The van der Waals surface area contributed by atoms with Gasteiger partial charge in [0.05, 0.1) is 6.10 Å².